The number of carbonyl (C=O) groups excluding carboxylic acids is 1. The number of hydrogen-bond donors (Lipinski definition) is 1. The number of carbonyl (C=O) groups is 1. The lowest BCUT2D eigenvalue weighted by Crippen LogP contribution is -2.35. The van der Waals surface area contributed by atoms with Gasteiger partial charge in [-0.1, -0.05) is 35.0 Å². The molecule has 128 valence electrons. The third-order valence-electron chi connectivity index (χ3n) is 4.42. The van der Waals surface area contributed by atoms with Gasteiger partial charge in [-0.2, -0.15) is 0 Å². The van der Waals surface area contributed by atoms with Gasteiger partial charge in [0, 0.05) is 24.0 Å². The van der Waals surface area contributed by atoms with Crippen molar-refractivity contribution >= 4 is 17.5 Å². The molecule has 1 aliphatic rings. The van der Waals surface area contributed by atoms with Gasteiger partial charge in [0.2, 0.25) is 5.91 Å². The second-order valence-electron chi connectivity index (χ2n) is 6.54. The highest BCUT2D eigenvalue weighted by Gasteiger charge is 2.41. The number of benzene rings is 1. The Morgan fingerprint density at radius 1 is 1.42 bits per heavy atom. The number of likely N-dealkylation sites (tertiary alicyclic amines) is 1. The summed E-state index contributed by atoms with van der Waals surface area (Å²) < 4.78 is 1.71. The molecule has 0 bridgehead atoms. The highest BCUT2D eigenvalue weighted by atomic mass is 35.5. The molecule has 2 aromatic rings. The van der Waals surface area contributed by atoms with Gasteiger partial charge >= 0.3 is 0 Å². The average Bonchev–Trinajstić information content (AvgIpc) is 3.17. The van der Waals surface area contributed by atoms with E-state index in [-0.39, 0.29) is 24.9 Å². The Hall–Kier alpha value is -1.92. The molecule has 1 unspecified atom stereocenters. The van der Waals surface area contributed by atoms with E-state index in [2.05, 4.69) is 10.3 Å². The molecule has 24 heavy (non-hydrogen) atoms. The van der Waals surface area contributed by atoms with Gasteiger partial charge in [0.25, 0.3) is 0 Å². The van der Waals surface area contributed by atoms with E-state index in [0.717, 1.165) is 5.56 Å². The fraction of sp³-hybridized carbons (Fsp3) is 0.471. The minimum atomic E-state index is -1.14. The van der Waals surface area contributed by atoms with Crippen molar-refractivity contribution in [2.75, 3.05) is 13.1 Å². The van der Waals surface area contributed by atoms with Gasteiger partial charge < -0.3 is 10.0 Å². The van der Waals surface area contributed by atoms with Crippen LogP contribution in [0.5, 0.6) is 0 Å². The average molecular weight is 349 g/mol. The SMILES string of the molecule is CC(C)n1cc(C2(O)CCN(C(=O)Cc3ccccc3Cl)C2)nn1. The Balaban J connectivity index is 1.69. The molecule has 0 spiro atoms. The molecule has 1 aromatic carbocycles. The number of hydrogen-bond acceptors (Lipinski definition) is 4. The molecule has 0 radical (unpaired) electrons. The first-order valence-corrected chi connectivity index (χ1v) is 8.43. The summed E-state index contributed by atoms with van der Waals surface area (Å²) in [5.74, 6) is -0.0460. The van der Waals surface area contributed by atoms with Gasteiger partial charge in [-0.25, -0.2) is 4.68 Å². The highest BCUT2D eigenvalue weighted by Crippen LogP contribution is 2.31. The number of aromatic nitrogens is 3. The lowest BCUT2D eigenvalue weighted by Gasteiger charge is -2.21. The summed E-state index contributed by atoms with van der Waals surface area (Å²) in [7, 11) is 0. The Morgan fingerprint density at radius 3 is 2.83 bits per heavy atom. The molecule has 1 N–H and O–H groups in total. The molecule has 0 saturated carbocycles. The van der Waals surface area contributed by atoms with Crippen molar-refractivity contribution in [1.82, 2.24) is 19.9 Å². The van der Waals surface area contributed by atoms with Gasteiger partial charge in [0.1, 0.15) is 11.3 Å². The molecule has 0 aliphatic carbocycles. The fourth-order valence-corrected chi connectivity index (χ4v) is 3.08. The van der Waals surface area contributed by atoms with E-state index >= 15 is 0 Å². The van der Waals surface area contributed by atoms with Crippen molar-refractivity contribution < 1.29 is 9.90 Å². The predicted molar refractivity (Wildman–Crippen MR) is 90.7 cm³/mol. The van der Waals surface area contributed by atoms with Crippen LogP contribution in [0.3, 0.4) is 0 Å². The molecule has 1 amide bonds. The lowest BCUT2D eigenvalue weighted by molar-refractivity contribution is -0.130. The number of β-amino-alcohol motifs (C(OH)–C–C–N with tert-alkyl or cyclic N) is 1. The van der Waals surface area contributed by atoms with E-state index in [9.17, 15) is 9.90 Å². The third-order valence-corrected chi connectivity index (χ3v) is 4.78. The maximum absolute atomic E-state index is 12.5. The summed E-state index contributed by atoms with van der Waals surface area (Å²) in [6.45, 7) is 4.72. The van der Waals surface area contributed by atoms with E-state index < -0.39 is 5.60 Å². The highest BCUT2D eigenvalue weighted by molar-refractivity contribution is 6.31. The summed E-state index contributed by atoms with van der Waals surface area (Å²) >= 11 is 6.12. The minimum absolute atomic E-state index is 0.0460. The van der Waals surface area contributed by atoms with Crippen molar-refractivity contribution in [2.24, 2.45) is 0 Å². The molecule has 1 atom stereocenters. The maximum Gasteiger partial charge on any atom is 0.227 e. The summed E-state index contributed by atoms with van der Waals surface area (Å²) in [5, 5.41) is 19.6. The van der Waals surface area contributed by atoms with Crippen LogP contribution in [0.4, 0.5) is 0 Å². The largest absolute Gasteiger partial charge is 0.381 e. The van der Waals surface area contributed by atoms with Crippen LogP contribution in [0.15, 0.2) is 30.5 Å². The molecular formula is C17H21ClN4O2. The zero-order valence-electron chi connectivity index (χ0n) is 13.8. The standard InChI is InChI=1S/C17H21ClN4O2/c1-12(2)22-10-15(19-20-22)17(24)7-8-21(11-17)16(23)9-13-5-3-4-6-14(13)18/h3-6,10,12,24H,7-9,11H2,1-2H3. The molecule has 1 aliphatic heterocycles. The first-order chi connectivity index (χ1) is 11.4. The second kappa shape index (κ2) is 6.53. The lowest BCUT2D eigenvalue weighted by atomic mass is 10.00. The smallest absolute Gasteiger partial charge is 0.227 e. The van der Waals surface area contributed by atoms with E-state index in [1.165, 1.54) is 0 Å². The first-order valence-electron chi connectivity index (χ1n) is 8.05. The number of amides is 1. The van der Waals surface area contributed by atoms with Crippen LogP contribution in [0.2, 0.25) is 5.02 Å². The Labute approximate surface area is 146 Å². The van der Waals surface area contributed by atoms with Gasteiger partial charge in [0.05, 0.1) is 19.2 Å². The quantitative estimate of drug-likeness (QED) is 0.919. The van der Waals surface area contributed by atoms with Gasteiger partial charge in [0.15, 0.2) is 0 Å². The van der Waals surface area contributed by atoms with E-state index in [1.807, 2.05) is 32.0 Å². The van der Waals surface area contributed by atoms with Crippen molar-refractivity contribution in [1.29, 1.82) is 0 Å². The first kappa shape index (κ1) is 16.9. The maximum atomic E-state index is 12.5. The molecule has 6 nitrogen and oxygen atoms in total. The number of aliphatic hydroxyl groups is 1. The van der Waals surface area contributed by atoms with Crippen LogP contribution in [0.1, 0.15) is 37.6 Å². The van der Waals surface area contributed by atoms with E-state index in [0.29, 0.717) is 23.7 Å². The van der Waals surface area contributed by atoms with Crippen LogP contribution < -0.4 is 0 Å². The zero-order valence-corrected chi connectivity index (χ0v) is 14.6. The zero-order chi connectivity index (χ0) is 17.3. The van der Waals surface area contributed by atoms with Gasteiger partial charge in [-0.15, -0.1) is 5.10 Å². The van der Waals surface area contributed by atoms with E-state index in [4.69, 9.17) is 11.6 Å². The van der Waals surface area contributed by atoms with E-state index in [1.54, 1.807) is 21.8 Å². The minimum Gasteiger partial charge on any atom is -0.381 e. The van der Waals surface area contributed by atoms with Gasteiger partial charge in [-0.05, 0) is 25.5 Å². The van der Waals surface area contributed by atoms with Crippen molar-refractivity contribution in [3.63, 3.8) is 0 Å². The van der Waals surface area contributed by atoms with Crippen LogP contribution >= 0.6 is 11.6 Å². The molecule has 2 heterocycles. The Kier molecular flexibility index (Phi) is 4.60. The second-order valence-corrected chi connectivity index (χ2v) is 6.95. The Morgan fingerprint density at radius 2 is 2.17 bits per heavy atom. The number of rotatable bonds is 4. The van der Waals surface area contributed by atoms with Gasteiger partial charge in [-0.3, -0.25) is 4.79 Å². The summed E-state index contributed by atoms with van der Waals surface area (Å²) in [6, 6.07) is 7.49. The molecule has 3 rings (SSSR count). The number of nitrogens with zero attached hydrogens (tertiary/aromatic N) is 4. The fourth-order valence-electron chi connectivity index (χ4n) is 2.87. The van der Waals surface area contributed by atoms with Crippen molar-refractivity contribution in [3.8, 4) is 0 Å². The molecule has 1 aromatic heterocycles. The van der Waals surface area contributed by atoms with Crippen LogP contribution in [0, 0.1) is 0 Å². The van der Waals surface area contributed by atoms with Crippen LogP contribution in [-0.4, -0.2) is 44.0 Å². The number of halogens is 1. The normalized spacial score (nSPS) is 20.8. The van der Waals surface area contributed by atoms with Crippen LogP contribution in [-0.2, 0) is 16.8 Å². The van der Waals surface area contributed by atoms with Crippen molar-refractivity contribution in [3.05, 3.63) is 46.7 Å². The summed E-state index contributed by atoms with van der Waals surface area (Å²) in [6.07, 6.45) is 2.44. The van der Waals surface area contributed by atoms with Crippen molar-refractivity contribution in [2.45, 2.75) is 38.3 Å². The molecule has 7 heteroatoms. The summed E-state index contributed by atoms with van der Waals surface area (Å²) in [5.41, 5.74) is 0.179. The predicted octanol–water partition coefficient (Wildman–Crippen LogP) is 2.17. The summed E-state index contributed by atoms with van der Waals surface area (Å²) in [4.78, 5) is 14.2. The topological polar surface area (TPSA) is 71.2 Å². The molecule has 1 fully saturated rings. The monoisotopic (exact) mass is 348 g/mol. The molecule has 1 saturated heterocycles. The Bertz CT molecular complexity index is 746. The van der Waals surface area contributed by atoms with Crippen LogP contribution in [0.25, 0.3) is 0 Å². The molecular weight excluding hydrogens is 328 g/mol. The third kappa shape index (κ3) is 3.30.